The second-order valence-corrected chi connectivity index (χ2v) is 5.53. The van der Waals surface area contributed by atoms with Crippen LogP contribution in [0.15, 0.2) is 35.7 Å². The fourth-order valence-electron chi connectivity index (χ4n) is 2.51. The second kappa shape index (κ2) is 7.70. The summed E-state index contributed by atoms with van der Waals surface area (Å²) in [6, 6.07) is 10.1. The summed E-state index contributed by atoms with van der Waals surface area (Å²) in [7, 11) is 3.35. The van der Waals surface area contributed by atoms with Gasteiger partial charge in [-0.05, 0) is 24.3 Å². The number of anilines is 1. The van der Waals surface area contributed by atoms with Gasteiger partial charge in [-0.1, -0.05) is 12.2 Å². The summed E-state index contributed by atoms with van der Waals surface area (Å²) in [5.74, 6) is 1.29. The molecule has 2 rings (SSSR count). The van der Waals surface area contributed by atoms with E-state index in [2.05, 4.69) is 16.3 Å². The highest BCUT2D eigenvalue weighted by Crippen LogP contribution is 2.21. The summed E-state index contributed by atoms with van der Waals surface area (Å²) in [4.78, 5) is 4.66. The number of nitrogens with two attached hydrogens (primary N) is 1. The first-order chi connectivity index (χ1) is 11.1. The Morgan fingerprint density at radius 1 is 1.26 bits per heavy atom. The predicted octanol–water partition coefficient (Wildman–Crippen LogP) is 1.06. The Kier molecular flexibility index (Phi) is 5.66. The molecule has 0 bridgehead atoms. The number of likely N-dealkylation sites (N-methyl/N-ethyl adjacent to an activating group) is 1. The van der Waals surface area contributed by atoms with Crippen molar-refractivity contribution in [3.63, 3.8) is 0 Å². The van der Waals surface area contributed by atoms with Crippen LogP contribution < -0.4 is 20.7 Å². The van der Waals surface area contributed by atoms with Crippen molar-refractivity contribution >= 4 is 22.9 Å². The van der Waals surface area contributed by atoms with E-state index in [-0.39, 0.29) is 0 Å². The van der Waals surface area contributed by atoms with Crippen molar-refractivity contribution in [1.29, 1.82) is 5.26 Å². The maximum atomic E-state index is 9.24. The Morgan fingerprint density at radius 3 is 2.35 bits per heavy atom. The third-order valence-corrected chi connectivity index (χ3v) is 4.29. The van der Waals surface area contributed by atoms with Gasteiger partial charge in [-0.15, -0.1) is 0 Å². The van der Waals surface area contributed by atoms with E-state index in [4.69, 9.17) is 22.7 Å². The number of rotatable bonds is 4. The Hall–Kier alpha value is -2.46. The molecule has 0 atom stereocenters. The van der Waals surface area contributed by atoms with E-state index in [0.717, 1.165) is 37.6 Å². The SMILES string of the molecule is CNC(=S)/C(C#N)=C(\N)N1CCN(c2ccc(OC)cc2)CC1. The van der Waals surface area contributed by atoms with Crippen molar-refractivity contribution in [2.45, 2.75) is 0 Å². The van der Waals surface area contributed by atoms with Gasteiger partial charge in [0.05, 0.1) is 7.11 Å². The highest BCUT2D eigenvalue weighted by Gasteiger charge is 2.21. The van der Waals surface area contributed by atoms with Crippen LogP contribution >= 0.6 is 12.2 Å². The van der Waals surface area contributed by atoms with E-state index in [1.54, 1.807) is 14.2 Å². The van der Waals surface area contributed by atoms with Gasteiger partial charge in [0, 0.05) is 38.9 Å². The van der Waals surface area contributed by atoms with Crippen molar-refractivity contribution in [2.24, 2.45) is 5.73 Å². The second-order valence-electron chi connectivity index (χ2n) is 5.12. The highest BCUT2D eigenvalue weighted by atomic mass is 32.1. The van der Waals surface area contributed by atoms with Crippen LogP contribution in [0.4, 0.5) is 5.69 Å². The topological polar surface area (TPSA) is 77.5 Å². The Balaban J connectivity index is 2.04. The molecule has 0 unspecified atom stereocenters. The molecule has 3 N–H and O–H groups in total. The van der Waals surface area contributed by atoms with Gasteiger partial charge < -0.3 is 25.6 Å². The number of ether oxygens (including phenoxy) is 1. The number of nitrogens with zero attached hydrogens (tertiary/aromatic N) is 3. The minimum Gasteiger partial charge on any atom is -0.497 e. The molecule has 0 spiro atoms. The number of hydrogen-bond acceptors (Lipinski definition) is 6. The van der Waals surface area contributed by atoms with E-state index in [1.807, 2.05) is 29.2 Å². The van der Waals surface area contributed by atoms with Crippen molar-refractivity contribution in [2.75, 3.05) is 45.2 Å². The van der Waals surface area contributed by atoms with Crippen molar-refractivity contribution in [1.82, 2.24) is 10.2 Å². The first kappa shape index (κ1) is 16.9. The van der Waals surface area contributed by atoms with E-state index in [1.165, 1.54) is 0 Å². The molecule has 6 nitrogen and oxygen atoms in total. The van der Waals surface area contributed by atoms with Crippen LogP contribution in [0.25, 0.3) is 0 Å². The van der Waals surface area contributed by atoms with Gasteiger partial charge in [0.15, 0.2) is 0 Å². The molecular formula is C16H21N5OS. The maximum absolute atomic E-state index is 9.24. The van der Waals surface area contributed by atoms with Crippen molar-refractivity contribution < 1.29 is 4.74 Å². The van der Waals surface area contributed by atoms with Gasteiger partial charge >= 0.3 is 0 Å². The zero-order valence-corrected chi connectivity index (χ0v) is 14.2. The van der Waals surface area contributed by atoms with Gasteiger partial charge in [0.1, 0.15) is 28.2 Å². The first-order valence-corrected chi connectivity index (χ1v) is 7.77. The fraction of sp³-hybridized carbons (Fsp3) is 0.375. The minimum atomic E-state index is 0.334. The quantitative estimate of drug-likeness (QED) is 0.485. The number of benzene rings is 1. The molecule has 0 aliphatic carbocycles. The maximum Gasteiger partial charge on any atom is 0.126 e. The molecule has 0 saturated carbocycles. The lowest BCUT2D eigenvalue weighted by atomic mass is 10.2. The van der Waals surface area contributed by atoms with Crippen LogP contribution in [0, 0.1) is 11.3 Å². The van der Waals surface area contributed by atoms with Crippen LogP contribution in [0.2, 0.25) is 0 Å². The van der Waals surface area contributed by atoms with Gasteiger partial charge in [0.25, 0.3) is 0 Å². The summed E-state index contributed by atoms with van der Waals surface area (Å²) < 4.78 is 5.18. The Labute approximate surface area is 142 Å². The average molecular weight is 331 g/mol. The number of methoxy groups -OCH3 is 1. The largest absolute Gasteiger partial charge is 0.497 e. The molecule has 122 valence electrons. The Bertz CT molecular complexity index is 627. The van der Waals surface area contributed by atoms with E-state index < -0.39 is 0 Å². The van der Waals surface area contributed by atoms with E-state index in [9.17, 15) is 5.26 Å². The summed E-state index contributed by atoms with van der Waals surface area (Å²) in [5, 5.41) is 12.0. The summed E-state index contributed by atoms with van der Waals surface area (Å²) in [5.41, 5.74) is 7.61. The number of piperazine rings is 1. The summed E-state index contributed by atoms with van der Waals surface area (Å²) >= 11 is 5.12. The number of thiocarbonyl (C=S) groups is 1. The third kappa shape index (κ3) is 3.85. The average Bonchev–Trinajstić information content (AvgIpc) is 2.62. The molecule has 1 aromatic rings. The summed E-state index contributed by atoms with van der Waals surface area (Å²) in [6.07, 6.45) is 0. The number of hydrogen-bond donors (Lipinski definition) is 2. The number of nitrogens with one attached hydrogen (secondary N) is 1. The summed E-state index contributed by atoms with van der Waals surface area (Å²) in [6.45, 7) is 3.15. The van der Waals surface area contributed by atoms with Gasteiger partial charge in [-0.2, -0.15) is 5.26 Å². The molecule has 1 fully saturated rings. The lowest BCUT2D eigenvalue weighted by molar-refractivity contribution is 0.317. The zero-order chi connectivity index (χ0) is 16.8. The van der Waals surface area contributed by atoms with Gasteiger partial charge in [-0.3, -0.25) is 0 Å². The zero-order valence-electron chi connectivity index (χ0n) is 13.4. The van der Waals surface area contributed by atoms with Crippen LogP contribution in [0.5, 0.6) is 5.75 Å². The van der Waals surface area contributed by atoms with Crippen LogP contribution in [-0.4, -0.2) is 50.2 Å². The molecule has 23 heavy (non-hydrogen) atoms. The Morgan fingerprint density at radius 2 is 1.87 bits per heavy atom. The predicted molar refractivity (Wildman–Crippen MR) is 95.3 cm³/mol. The smallest absolute Gasteiger partial charge is 0.126 e. The van der Waals surface area contributed by atoms with Crippen LogP contribution in [0.1, 0.15) is 0 Å². The third-order valence-electron chi connectivity index (χ3n) is 3.88. The molecule has 1 heterocycles. The molecule has 0 amide bonds. The molecule has 0 radical (unpaired) electrons. The molecule has 1 aliphatic heterocycles. The molecular weight excluding hydrogens is 310 g/mol. The van der Waals surface area contributed by atoms with E-state index in [0.29, 0.717) is 16.4 Å². The molecule has 1 aliphatic rings. The first-order valence-electron chi connectivity index (χ1n) is 7.36. The lowest BCUT2D eigenvalue weighted by Gasteiger charge is -2.37. The van der Waals surface area contributed by atoms with Crippen LogP contribution in [0.3, 0.4) is 0 Å². The molecule has 7 heteroatoms. The monoisotopic (exact) mass is 331 g/mol. The fourth-order valence-corrected chi connectivity index (χ4v) is 2.66. The minimum absolute atomic E-state index is 0.334. The lowest BCUT2D eigenvalue weighted by Crippen LogP contribution is -2.48. The molecule has 1 saturated heterocycles. The highest BCUT2D eigenvalue weighted by molar-refractivity contribution is 7.80. The van der Waals surface area contributed by atoms with E-state index >= 15 is 0 Å². The van der Waals surface area contributed by atoms with Gasteiger partial charge in [0.2, 0.25) is 0 Å². The molecule has 0 aromatic heterocycles. The normalized spacial score (nSPS) is 15.5. The standard InChI is InChI=1S/C16H21N5OS/c1-19-16(23)14(11-17)15(18)21-9-7-20(8-10-21)12-3-5-13(22-2)6-4-12/h3-6H,7-10,18H2,1-2H3,(H,19,23)/b15-14+. The number of nitriles is 1. The van der Waals surface area contributed by atoms with Crippen molar-refractivity contribution in [3.05, 3.63) is 35.7 Å². The van der Waals surface area contributed by atoms with Gasteiger partial charge in [-0.25, -0.2) is 0 Å². The van der Waals surface area contributed by atoms with Crippen LogP contribution in [-0.2, 0) is 0 Å². The molecule has 1 aromatic carbocycles. The van der Waals surface area contributed by atoms with Crippen molar-refractivity contribution in [3.8, 4) is 11.8 Å².